The van der Waals surface area contributed by atoms with Crippen molar-refractivity contribution in [1.29, 1.82) is 0 Å². The summed E-state index contributed by atoms with van der Waals surface area (Å²) in [6.07, 6.45) is 4.83. The molecular formula is C16H26N4O2. The lowest BCUT2D eigenvalue weighted by Crippen LogP contribution is -2.48. The average molecular weight is 306 g/mol. The first-order valence-corrected chi connectivity index (χ1v) is 8.22. The van der Waals surface area contributed by atoms with E-state index >= 15 is 0 Å². The van der Waals surface area contributed by atoms with Crippen LogP contribution in [-0.4, -0.2) is 53.2 Å². The van der Waals surface area contributed by atoms with Crippen LogP contribution < -0.4 is 5.32 Å². The zero-order valence-corrected chi connectivity index (χ0v) is 13.8. The molecule has 1 saturated heterocycles. The van der Waals surface area contributed by atoms with E-state index in [0.717, 1.165) is 49.0 Å². The van der Waals surface area contributed by atoms with Crippen LogP contribution in [0.5, 0.6) is 0 Å². The van der Waals surface area contributed by atoms with Crippen molar-refractivity contribution in [3.8, 4) is 0 Å². The third kappa shape index (κ3) is 3.43. The second kappa shape index (κ2) is 6.28. The molecule has 1 aliphatic carbocycles. The van der Waals surface area contributed by atoms with Gasteiger partial charge in [-0.3, -0.25) is 0 Å². The molecule has 6 nitrogen and oxygen atoms in total. The number of nitrogens with zero attached hydrogens (tertiary/aromatic N) is 3. The molecule has 0 spiro atoms. The molecule has 3 rings (SSSR count). The third-order valence-electron chi connectivity index (χ3n) is 4.84. The summed E-state index contributed by atoms with van der Waals surface area (Å²) in [5.74, 6) is 0.787. The first-order valence-electron chi connectivity index (χ1n) is 8.22. The predicted octanol–water partition coefficient (Wildman–Crippen LogP) is 2.06. The topological polar surface area (TPSA) is 61.6 Å². The molecular weight excluding hydrogens is 280 g/mol. The van der Waals surface area contributed by atoms with Crippen molar-refractivity contribution in [2.24, 2.45) is 0 Å². The van der Waals surface area contributed by atoms with Gasteiger partial charge in [0.2, 0.25) is 0 Å². The van der Waals surface area contributed by atoms with E-state index in [2.05, 4.69) is 15.4 Å². The summed E-state index contributed by atoms with van der Waals surface area (Å²) < 4.78 is 5.15. The van der Waals surface area contributed by atoms with Crippen LogP contribution >= 0.6 is 0 Å². The van der Waals surface area contributed by atoms with Crippen molar-refractivity contribution in [3.05, 3.63) is 17.0 Å². The fourth-order valence-corrected chi connectivity index (χ4v) is 3.17. The van der Waals surface area contributed by atoms with Crippen LogP contribution in [0.1, 0.15) is 42.7 Å². The number of carbonyl (C=O) groups is 1. The van der Waals surface area contributed by atoms with Gasteiger partial charge in [-0.15, -0.1) is 0 Å². The van der Waals surface area contributed by atoms with Crippen LogP contribution in [0.3, 0.4) is 0 Å². The highest BCUT2D eigenvalue weighted by Gasteiger charge is 2.32. The second-order valence-electron chi connectivity index (χ2n) is 6.65. The fourth-order valence-electron chi connectivity index (χ4n) is 3.17. The van der Waals surface area contributed by atoms with Gasteiger partial charge in [-0.1, -0.05) is 5.16 Å². The molecule has 1 aromatic rings. The predicted molar refractivity (Wildman–Crippen MR) is 83.6 cm³/mol. The summed E-state index contributed by atoms with van der Waals surface area (Å²) in [6, 6.07) is 1.12. The van der Waals surface area contributed by atoms with E-state index in [1.54, 1.807) is 4.90 Å². The number of likely N-dealkylation sites (tertiary alicyclic amines) is 1. The van der Waals surface area contributed by atoms with Crippen molar-refractivity contribution < 1.29 is 9.32 Å². The first kappa shape index (κ1) is 15.3. The van der Waals surface area contributed by atoms with Gasteiger partial charge in [-0.05, 0) is 39.5 Å². The summed E-state index contributed by atoms with van der Waals surface area (Å²) >= 11 is 0. The molecule has 0 atom stereocenters. The largest absolute Gasteiger partial charge is 0.361 e. The van der Waals surface area contributed by atoms with Crippen LogP contribution in [0.25, 0.3) is 0 Å². The molecule has 122 valence electrons. The van der Waals surface area contributed by atoms with Gasteiger partial charge in [-0.2, -0.15) is 0 Å². The molecule has 0 bridgehead atoms. The van der Waals surface area contributed by atoms with E-state index in [-0.39, 0.29) is 6.03 Å². The van der Waals surface area contributed by atoms with Crippen LogP contribution in [-0.2, 0) is 6.54 Å². The van der Waals surface area contributed by atoms with Gasteiger partial charge in [0.25, 0.3) is 0 Å². The maximum absolute atomic E-state index is 12.3. The minimum Gasteiger partial charge on any atom is -0.361 e. The highest BCUT2D eigenvalue weighted by atomic mass is 16.5. The summed E-state index contributed by atoms with van der Waals surface area (Å²) in [6.45, 7) is 6.56. The Hall–Kier alpha value is -1.56. The lowest BCUT2D eigenvalue weighted by molar-refractivity contribution is 0.172. The highest BCUT2D eigenvalue weighted by molar-refractivity contribution is 5.74. The van der Waals surface area contributed by atoms with Crippen molar-refractivity contribution >= 4 is 6.03 Å². The molecule has 0 unspecified atom stereocenters. The Labute approximate surface area is 131 Å². The monoisotopic (exact) mass is 306 g/mol. The maximum atomic E-state index is 12.3. The summed E-state index contributed by atoms with van der Waals surface area (Å²) in [5, 5.41) is 7.10. The standard InChI is InChI=1S/C16H26N4O2/c1-11-15(12(2)22-18-11)10-19(3)16(21)17-13-6-8-20(9-7-13)14-4-5-14/h13-14H,4-10H2,1-3H3,(H,17,21). The van der Waals surface area contributed by atoms with Gasteiger partial charge in [0.05, 0.1) is 12.2 Å². The zero-order valence-electron chi connectivity index (χ0n) is 13.8. The second-order valence-corrected chi connectivity index (χ2v) is 6.65. The number of hydrogen-bond donors (Lipinski definition) is 1. The molecule has 2 heterocycles. The number of amides is 2. The smallest absolute Gasteiger partial charge is 0.317 e. The van der Waals surface area contributed by atoms with Gasteiger partial charge in [0, 0.05) is 37.8 Å². The minimum absolute atomic E-state index is 0.00938. The van der Waals surface area contributed by atoms with Crippen molar-refractivity contribution in [3.63, 3.8) is 0 Å². The van der Waals surface area contributed by atoms with E-state index < -0.39 is 0 Å². The molecule has 1 aliphatic heterocycles. The number of nitrogens with one attached hydrogen (secondary N) is 1. The Bertz CT molecular complexity index is 511. The zero-order chi connectivity index (χ0) is 15.7. The molecule has 2 fully saturated rings. The molecule has 2 aliphatic rings. The number of carbonyl (C=O) groups excluding carboxylic acids is 1. The van der Waals surface area contributed by atoms with Crippen molar-refractivity contribution in [2.75, 3.05) is 20.1 Å². The van der Waals surface area contributed by atoms with E-state index in [9.17, 15) is 4.79 Å². The van der Waals surface area contributed by atoms with Gasteiger partial charge < -0.3 is 19.6 Å². The third-order valence-corrected chi connectivity index (χ3v) is 4.84. The molecule has 22 heavy (non-hydrogen) atoms. The van der Waals surface area contributed by atoms with Crippen molar-refractivity contribution in [1.82, 2.24) is 20.3 Å². The van der Waals surface area contributed by atoms with Crippen LogP contribution in [0, 0.1) is 13.8 Å². The Kier molecular flexibility index (Phi) is 4.38. The van der Waals surface area contributed by atoms with Gasteiger partial charge in [0.1, 0.15) is 5.76 Å². The fraction of sp³-hybridized carbons (Fsp3) is 0.750. The number of aromatic nitrogens is 1. The lowest BCUT2D eigenvalue weighted by atomic mass is 10.1. The van der Waals surface area contributed by atoms with Crippen molar-refractivity contribution in [2.45, 2.75) is 58.2 Å². The normalized spacial score (nSPS) is 20.1. The van der Waals surface area contributed by atoms with E-state index in [4.69, 9.17) is 4.52 Å². The number of aryl methyl sites for hydroxylation is 2. The minimum atomic E-state index is -0.00938. The molecule has 0 aromatic carbocycles. The number of rotatable bonds is 4. The summed E-state index contributed by atoms with van der Waals surface area (Å²) in [4.78, 5) is 16.6. The summed E-state index contributed by atoms with van der Waals surface area (Å²) in [5.41, 5.74) is 1.86. The average Bonchev–Trinajstić information content (AvgIpc) is 3.30. The molecule has 1 saturated carbocycles. The van der Waals surface area contributed by atoms with Gasteiger partial charge >= 0.3 is 6.03 Å². The molecule has 1 N–H and O–H groups in total. The van der Waals surface area contributed by atoms with E-state index in [0.29, 0.717) is 12.6 Å². The molecule has 2 amide bonds. The SMILES string of the molecule is Cc1noc(C)c1CN(C)C(=O)NC1CCN(C2CC2)CC1. The summed E-state index contributed by atoms with van der Waals surface area (Å²) in [7, 11) is 1.82. The molecule has 6 heteroatoms. The lowest BCUT2D eigenvalue weighted by Gasteiger charge is -2.33. The van der Waals surface area contributed by atoms with Crippen LogP contribution in [0.4, 0.5) is 4.79 Å². The van der Waals surface area contributed by atoms with E-state index in [1.165, 1.54) is 12.8 Å². The van der Waals surface area contributed by atoms with Gasteiger partial charge in [0.15, 0.2) is 0 Å². The Morgan fingerprint density at radius 2 is 2.00 bits per heavy atom. The van der Waals surface area contributed by atoms with Crippen LogP contribution in [0.15, 0.2) is 4.52 Å². The Balaban J connectivity index is 1.47. The molecule has 1 aromatic heterocycles. The Morgan fingerprint density at radius 1 is 1.32 bits per heavy atom. The number of hydrogen-bond acceptors (Lipinski definition) is 4. The van der Waals surface area contributed by atoms with Crippen LogP contribution in [0.2, 0.25) is 0 Å². The quantitative estimate of drug-likeness (QED) is 0.925. The van der Waals surface area contributed by atoms with Gasteiger partial charge in [-0.25, -0.2) is 4.79 Å². The first-order chi connectivity index (χ1) is 10.5. The Morgan fingerprint density at radius 3 is 2.55 bits per heavy atom. The molecule has 0 radical (unpaired) electrons. The number of urea groups is 1. The number of piperidine rings is 1. The maximum Gasteiger partial charge on any atom is 0.317 e. The van der Waals surface area contributed by atoms with E-state index in [1.807, 2.05) is 20.9 Å². The highest BCUT2D eigenvalue weighted by Crippen LogP contribution is 2.29.